The highest BCUT2D eigenvalue weighted by Gasteiger charge is 2.65. The molecule has 0 aliphatic heterocycles. The highest BCUT2D eigenvalue weighted by molar-refractivity contribution is 6.35. The third-order valence-corrected chi connectivity index (χ3v) is 15.7. The summed E-state index contributed by atoms with van der Waals surface area (Å²) in [6.07, 6.45) is 4.66. The van der Waals surface area contributed by atoms with E-state index < -0.39 is 97.5 Å². The second-order valence-corrected chi connectivity index (χ2v) is 19.6. The quantitative estimate of drug-likeness (QED) is 0.0418. The summed E-state index contributed by atoms with van der Waals surface area (Å²) in [7, 11) is 0. The second-order valence-electron chi connectivity index (χ2n) is 19.6. The molecule has 0 heterocycles. The van der Waals surface area contributed by atoms with Crippen molar-refractivity contribution in [1.29, 1.82) is 0 Å². The molecule has 0 bridgehead atoms. The number of hydrogen-bond acceptors (Lipinski definition) is 13. The Morgan fingerprint density at radius 1 is 0.662 bits per heavy atom. The van der Waals surface area contributed by atoms with E-state index >= 15 is 0 Å². The van der Waals surface area contributed by atoms with Crippen molar-refractivity contribution in [1.82, 2.24) is 25.3 Å². The van der Waals surface area contributed by atoms with Gasteiger partial charge >= 0.3 is 47.6 Å². The monoisotopic (exact) mass is 925 g/mol. The van der Waals surface area contributed by atoms with Crippen LogP contribution in [0, 0.1) is 46.3 Å². The summed E-state index contributed by atoms with van der Waals surface area (Å²) < 4.78 is 0. The summed E-state index contributed by atoms with van der Waals surface area (Å²) in [4.78, 5) is 98.9. The Morgan fingerprint density at radius 2 is 1.23 bits per heavy atom. The Bertz CT molecular complexity index is 1660. The molecule has 2 amide bonds. The summed E-state index contributed by atoms with van der Waals surface area (Å²) in [6, 6.07) is -1.55. The van der Waals surface area contributed by atoms with E-state index in [4.69, 9.17) is 0 Å². The van der Waals surface area contributed by atoms with Crippen LogP contribution in [-0.2, 0) is 38.4 Å². The van der Waals surface area contributed by atoms with Crippen LogP contribution in [0.25, 0.3) is 0 Å². The lowest BCUT2D eigenvalue weighted by atomic mass is 9.43. The van der Waals surface area contributed by atoms with E-state index in [1.807, 2.05) is 0 Å². The first kappa shape index (κ1) is 53.2. The van der Waals surface area contributed by atoms with Gasteiger partial charge in [0.25, 0.3) is 0 Å². The van der Waals surface area contributed by atoms with Gasteiger partial charge in [-0.05, 0) is 117 Å². The van der Waals surface area contributed by atoms with Crippen LogP contribution in [0.3, 0.4) is 0 Å². The first-order valence-electron chi connectivity index (χ1n) is 22.9. The molecule has 0 saturated heterocycles. The molecular weight excluding hydrogens is 855 g/mol. The van der Waals surface area contributed by atoms with Gasteiger partial charge in [-0.15, -0.1) is 0 Å². The van der Waals surface area contributed by atoms with Gasteiger partial charge in [-0.1, -0.05) is 20.8 Å². The topological polar surface area (TPSA) is 332 Å². The van der Waals surface area contributed by atoms with Crippen molar-refractivity contribution < 1.29 is 79.2 Å². The number of hydrogen-bond donors (Lipinski definition) is 10. The summed E-state index contributed by atoms with van der Waals surface area (Å²) in [5.74, 6) is -8.53. The first-order chi connectivity index (χ1) is 30.5. The molecule has 0 radical (unpaired) electrons. The molecule has 4 fully saturated rings. The van der Waals surface area contributed by atoms with Crippen LogP contribution in [0.15, 0.2) is 0 Å². The molecule has 0 aromatic heterocycles. The smallest absolute Gasteiger partial charge is 0.320 e. The van der Waals surface area contributed by atoms with Crippen LogP contribution in [-0.4, -0.2) is 186 Å². The van der Waals surface area contributed by atoms with Gasteiger partial charge in [0.1, 0.15) is 6.04 Å². The van der Waals surface area contributed by atoms with Crippen LogP contribution in [0.1, 0.15) is 97.8 Å². The van der Waals surface area contributed by atoms with Crippen molar-refractivity contribution in [3.05, 3.63) is 0 Å². The summed E-state index contributed by atoms with van der Waals surface area (Å²) in [6.45, 7) is 3.22. The van der Waals surface area contributed by atoms with E-state index in [9.17, 15) is 79.2 Å². The molecule has 4 saturated carbocycles. The summed E-state index contributed by atoms with van der Waals surface area (Å²) in [5.41, 5.74) is -0.617. The number of aliphatic hydroxyl groups is 2. The molecule has 4 aliphatic carbocycles. The number of carboxylic acids is 6. The standard InChI is InChI=1S/C44H71N5O16/c1-25(7-10-34(52)53)28-8-9-29-39-30(20-33(51)44(28,29)3)43(2)12-11-27(18-26(43)19-32(39)50)46-41(63)40(62)45-13-5-4-6-31(42(64)65)49(16-14-47(21-35(54)55)22-36(56)57)17-15-48(23-37(58)59)24-38(60)61/h25-33,39,50-51H,4-24H2,1-3H3,(H,45,62)(H,46,63)(H,52,53)(H,54,55)(H,56,57)(H,58,59)(H,60,61)(H,64,65)/t25?,26-,27-,28+,29?,30?,31-,32+,33-,39?,43-,44+/m0/s1. The highest BCUT2D eigenvalue weighted by Crippen LogP contribution is 2.68. The maximum Gasteiger partial charge on any atom is 0.320 e. The van der Waals surface area contributed by atoms with Crippen molar-refractivity contribution in [2.45, 2.75) is 122 Å². The minimum absolute atomic E-state index is 0.00286. The van der Waals surface area contributed by atoms with Crippen molar-refractivity contribution in [3.8, 4) is 0 Å². The number of nitrogens with zero attached hydrogens (tertiary/aromatic N) is 3. The van der Waals surface area contributed by atoms with E-state index in [2.05, 4.69) is 31.4 Å². The molecule has 65 heavy (non-hydrogen) atoms. The van der Waals surface area contributed by atoms with Gasteiger partial charge in [-0.2, -0.15) is 0 Å². The molecule has 368 valence electrons. The van der Waals surface area contributed by atoms with Crippen molar-refractivity contribution >= 4 is 47.6 Å². The van der Waals surface area contributed by atoms with Crippen molar-refractivity contribution in [3.63, 3.8) is 0 Å². The third-order valence-electron chi connectivity index (χ3n) is 15.7. The molecule has 4 rings (SSSR count). The Kier molecular flexibility index (Phi) is 19.1. The number of aliphatic carboxylic acids is 6. The summed E-state index contributed by atoms with van der Waals surface area (Å²) in [5, 5.41) is 85.6. The average Bonchev–Trinajstić information content (AvgIpc) is 3.56. The van der Waals surface area contributed by atoms with Gasteiger partial charge in [-0.3, -0.25) is 53.1 Å². The predicted molar refractivity (Wildman–Crippen MR) is 229 cm³/mol. The average molecular weight is 926 g/mol. The zero-order chi connectivity index (χ0) is 48.4. The SMILES string of the molecule is CC(CCC(=O)O)[C@H]1CCC2C3C(C[C@H](O)[C@@]21C)[C@@]1(C)CC[C@H](NC(=O)C(=O)NCCCC[C@@H](C(=O)O)N(CCN(CC(=O)O)CC(=O)O)CCN(CC(=O)O)CC(=O)O)C[C@H]1C[C@H]3O. The second kappa shape index (κ2) is 23.3. The van der Waals surface area contributed by atoms with Gasteiger partial charge < -0.3 is 51.5 Å². The predicted octanol–water partition coefficient (Wildman–Crippen LogP) is 0.557. The van der Waals surface area contributed by atoms with E-state index in [1.54, 1.807) is 0 Å². The molecule has 4 unspecified atom stereocenters. The van der Waals surface area contributed by atoms with E-state index in [0.717, 1.165) is 29.1 Å². The molecule has 21 heteroatoms. The maximum atomic E-state index is 13.1. The van der Waals surface area contributed by atoms with Gasteiger partial charge in [0.2, 0.25) is 0 Å². The number of unbranched alkanes of at least 4 members (excludes halogenated alkanes) is 1. The van der Waals surface area contributed by atoms with Gasteiger partial charge in [-0.25, -0.2) is 0 Å². The zero-order valence-electron chi connectivity index (χ0n) is 37.8. The zero-order valence-corrected chi connectivity index (χ0v) is 37.8. The molecular formula is C44H71N5O16. The fourth-order valence-electron chi connectivity index (χ4n) is 12.5. The largest absolute Gasteiger partial charge is 0.481 e. The molecule has 21 nitrogen and oxygen atoms in total. The molecule has 0 aromatic rings. The van der Waals surface area contributed by atoms with Crippen LogP contribution >= 0.6 is 0 Å². The van der Waals surface area contributed by atoms with Crippen LogP contribution in [0.4, 0.5) is 0 Å². The Hall–Kier alpha value is -4.44. The lowest BCUT2D eigenvalue weighted by Crippen LogP contribution is -2.63. The number of carboxylic acid groups (broad SMARTS) is 6. The Labute approximate surface area is 378 Å². The molecule has 12 atom stereocenters. The first-order valence-corrected chi connectivity index (χ1v) is 22.9. The van der Waals surface area contributed by atoms with Crippen molar-refractivity contribution in [2.24, 2.45) is 46.3 Å². The van der Waals surface area contributed by atoms with E-state index in [0.29, 0.717) is 32.1 Å². The number of nitrogens with one attached hydrogen (secondary N) is 2. The summed E-state index contributed by atoms with van der Waals surface area (Å²) >= 11 is 0. The normalized spacial score (nSPS) is 30.4. The fourth-order valence-corrected chi connectivity index (χ4v) is 12.5. The number of aliphatic hydroxyl groups excluding tert-OH is 2. The lowest BCUT2D eigenvalue weighted by molar-refractivity contribution is -0.202. The van der Waals surface area contributed by atoms with E-state index in [-0.39, 0.29) is 105 Å². The lowest BCUT2D eigenvalue weighted by Gasteiger charge is -2.63. The van der Waals surface area contributed by atoms with Crippen LogP contribution in [0.5, 0.6) is 0 Å². The van der Waals surface area contributed by atoms with Gasteiger partial charge in [0, 0.05) is 45.2 Å². The highest BCUT2D eigenvalue weighted by atomic mass is 16.4. The number of amides is 2. The van der Waals surface area contributed by atoms with Crippen LogP contribution < -0.4 is 10.6 Å². The number of fused-ring (bicyclic) bond motifs is 5. The van der Waals surface area contributed by atoms with Gasteiger partial charge in [0.15, 0.2) is 0 Å². The minimum Gasteiger partial charge on any atom is -0.481 e. The minimum atomic E-state index is -1.31. The van der Waals surface area contributed by atoms with Gasteiger partial charge in [0.05, 0.1) is 38.4 Å². The number of rotatable bonds is 26. The number of carbonyl (C=O) groups excluding carboxylic acids is 2. The molecule has 0 aromatic carbocycles. The van der Waals surface area contributed by atoms with Crippen molar-refractivity contribution in [2.75, 3.05) is 58.9 Å². The number of carbonyl (C=O) groups is 8. The Balaban J connectivity index is 1.30. The third kappa shape index (κ3) is 13.8. The Morgan fingerprint density at radius 3 is 1.75 bits per heavy atom. The van der Waals surface area contributed by atoms with E-state index in [1.165, 1.54) is 4.90 Å². The fraction of sp³-hybridized carbons (Fsp3) is 0.818. The maximum absolute atomic E-state index is 13.1. The van der Waals surface area contributed by atoms with Crippen LogP contribution in [0.2, 0.25) is 0 Å². The molecule has 0 spiro atoms. The molecule has 4 aliphatic rings. The molecule has 10 N–H and O–H groups in total.